The van der Waals surface area contributed by atoms with Crippen molar-refractivity contribution >= 4 is 33.8 Å². The summed E-state index contributed by atoms with van der Waals surface area (Å²) in [5.41, 5.74) is 0. The lowest BCUT2D eigenvalue weighted by atomic mass is 10.5. The van der Waals surface area contributed by atoms with Crippen molar-refractivity contribution in [3.8, 4) is 0 Å². The summed E-state index contributed by atoms with van der Waals surface area (Å²) >= 11 is 0. The second kappa shape index (κ2) is 16.3. The van der Waals surface area contributed by atoms with Crippen LogP contribution in [0.2, 0.25) is 65.0 Å². The number of rotatable bonds is 11. The third-order valence-corrected chi connectivity index (χ3v) is 16.5. The first kappa shape index (κ1) is 43.5. The van der Waals surface area contributed by atoms with Gasteiger partial charge in [-0.1, -0.05) is 44.6 Å². The molecule has 0 bridgehead atoms. The van der Waals surface area contributed by atoms with Crippen LogP contribution in [0.15, 0.2) is 0 Å². The van der Waals surface area contributed by atoms with Crippen LogP contribution >= 0.6 is 0 Å². The smallest absolute Gasteiger partial charge is 0.315 e. The number of hydrogen-bond donors (Lipinski definition) is 0. The molecule has 1 aliphatic rings. The van der Waals surface area contributed by atoms with E-state index in [4.69, 9.17) is 21.8 Å². The molecule has 1 rings (SSSR count). The monoisotopic (exact) mass is 492 g/mol. The Kier molecular flexibility index (Phi) is 24.5. The summed E-state index contributed by atoms with van der Waals surface area (Å²) in [7, 11) is -7.75. The molecule has 1 fully saturated rings. The molecule has 0 radical (unpaired) electrons. The van der Waals surface area contributed by atoms with Crippen LogP contribution in [0.5, 0.6) is 0 Å². The van der Waals surface area contributed by atoms with Crippen molar-refractivity contribution in [1.82, 2.24) is 0 Å². The predicted molar refractivity (Wildman–Crippen MR) is 145 cm³/mol. The zero-order valence-electron chi connectivity index (χ0n) is 16.4. The first-order chi connectivity index (χ1) is 10.2. The van der Waals surface area contributed by atoms with Gasteiger partial charge in [0.25, 0.3) is 0 Å². The van der Waals surface area contributed by atoms with Crippen LogP contribution in [0.4, 0.5) is 0 Å². The summed E-state index contributed by atoms with van der Waals surface area (Å²) in [5.74, 6) is 0. The van der Waals surface area contributed by atoms with E-state index in [2.05, 4.69) is 58.9 Å². The molecule has 0 amide bonds. The fourth-order valence-corrected chi connectivity index (χ4v) is 20.7. The highest BCUT2D eigenvalue weighted by Crippen LogP contribution is 2.28. The van der Waals surface area contributed by atoms with Gasteiger partial charge in [0.15, 0.2) is 22.9 Å². The minimum atomic E-state index is -2.27. The van der Waals surface area contributed by atoms with Gasteiger partial charge in [0, 0.05) is 6.61 Å². The Labute approximate surface area is 191 Å². The molecule has 0 saturated carbocycles. The second-order valence-corrected chi connectivity index (χ2v) is 25.3. The molecule has 0 N–H and O–H groups in total. The number of hydrogen-bond acceptors (Lipinski definition) is 5. The summed E-state index contributed by atoms with van der Waals surface area (Å²) < 4.78 is 30.2. The van der Waals surface area contributed by atoms with Crippen LogP contribution in [-0.4, -0.2) is 53.3 Å². The van der Waals surface area contributed by atoms with Gasteiger partial charge < -0.3 is 21.8 Å². The van der Waals surface area contributed by atoms with Crippen molar-refractivity contribution in [1.29, 1.82) is 0 Å². The van der Waals surface area contributed by atoms with Crippen LogP contribution in [0.25, 0.3) is 0 Å². The van der Waals surface area contributed by atoms with Crippen molar-refractivity contribution in [3.63, 3.8) is 0 Å². The third kappa shape index (κ3) is 23.2. The second-order valence-electron chi connectivity index (χ2n) is 8.80. The summed E-state index contributed by atoms with van der Waals surface area (Å²) in [6.45, 7) is 21.3. The maximum absolute atomic E-state index is 6.62. The molecule has 0 aromatic carbocycles. The Morgan fingerprint density at radius 2 is 1.10 bits per heavy atom. The van der Waals surface area contributed by atoms with Gasteiger partial charge in [-0.15, -0.1) is 0 Å². The highest BCUT2D eigenvalue weighted by atomic mass is 28.5. The van der Waals surface area contributed by atoms with Crippen LogP contribution < -0.4 is 0 Å². The van der Waals surface area contributed by atoms with Crippen molar-refractivity contribution < 1.29 is 21.8 Å². The van der Waals surface area contributed by atoms with Gasteiger partial charge in [0.1, 0.15) is 6.61 Å². The quantitative estimate of drug-likeness (QED) is 0.166. The molecule has 5 nitrogen and oxygen atoms in total. The van der Waals surface area contributed by atoms with Gasteiger partial charge >= 0.3 is 17.1 Å². The molecule has 186 valence electrons. The third-order valence-electron chi connectivity index (χ3n) is 2.92. The summed E-state index contributed by atoms with van der Waals surface area (Å²) in [5, 5.41) is 0. The Morgan fingerprint density at radius 1 is 0.690 bits per heavy atom. The van der Waals surface area contributed by atoms with Gasteiger partial charge in [-0.3, -0.25) is 0 Å². The number of epoxide rings is 1. The molecule has 9 heteroatoms. The maximum Gasteiger partial charge on any atom is 0.315 e. The van der Waals surface area contributed by atoms with E-state index in [1.807, 2.05) is 0 Å². The van der Waals surface area contributed by atoms with E-state index < -0.39 is 33.8 Å². The lowest BCUT2D eigenvalue weighted by molar-refractivity contribution is 0.0499. The topological polar surface area (TPSA) is 49.5 Å². The van der Waals surface area contributed by atoms with E-state index in [0.717, 1.165) is 19.1 Å². The van der Waals surface area contributed by atoms with Gasteiger partial charge in [0.05, 0.1) is 0 Å². The fourth-order valence-electron chi connectivity index (χ4n) is 2.79. The Hall–Kier alpha value is 0.668. The van der Waals surface area contributed by atoms with E-state index in [0.29, 0.717) is 6.61 Å². The SMILES string of the molecule is C.C.C.C.C.C.C[Si](C)(C)O[Si](C)(C)O[Si](C)(CCCOC1CO1)O[Si](C)(C)C. The Morgan fingerprint density at radius 3 is 1.45 bits per heavy atom. The van der Waals surface area contributed by atoms with Crippen LogP contribution in [0, 0.1) is 0 Å². The largest absolute Gasteiger partial charge is 0.437 e. The van der Waals surface area contributed by atoms with Gasteiger partial charge in [-0.2, -0.15) is 0 Å². The van der Waals surface area contributed by atoms with Crippen LogP contribution in [0.3, 0.4) is 0 Å². The van der Waals surface area contributed by atoms with Gasteiger partial charge in [-0.25, -0.2) is 0 Å². The van der Waals surface area contributed by atoms with E-state index >= 15 is 0 Å². The van der Waals surface area contributed by atoms with Gasteiger partial charge in [-0.05, 0) is 71.4 Å². The molecule has 1 aliphatic heterocycles. The van der Waals surface area contributed by atoms with E-state index in [1.54, 1.807) is 0 Å². The first-order valence-electron chi connectivity index (χ1n) is 8.54. The molecule has 1 saturated heterocycles. The summed E-state index contributed by atoms with van der Waals surface area (Å²) in [6.07, 6.45) is 0.979. The van der Waals surface area contributed by atoms with Crippen molar-refractivity contribution in [2.75, 3.05) is 13.2 Å². The highest BCUT2D eigenvalue weighted by molar-refractivity contribution is 6.89. The minimum absolute atomic E-state index is 0. The zero-order chi connectivity index (χ0) is 17.9. The molecule has 0 spiro atoms. The van der Waals surface area contributed by atoms with Crippen LogP contribution in [-0.2, 0) is 21.8 Å². The maximum atomic E-state index is 6.62. The van der Waals surface area contributed by atoms with Crippen molar-refractivity contribution in [2.45, 2.75) is 122 Å². The normalized spacial score (nSPS) is 17.5. The van der Waals surface area contributed by atoms with Crippen molar-refractivity contribution in [2.24, 2.45) is 0 Å². The molecule has 2 unspecified atom stereocenters. The molecule has 0 aromatic rings. The number of ether oxygens (including phenoxy) is 2. The molecule has 0 aliphatic carbocycles. The lowest BCUT2D eigenvalue weighted by Crippen LogP contribution is -2.56. The standard InChI is InChI=1S/C14H36O5Si4.6CH4/c1-20(2,3)17-22(7,8)19-23(9,18-21(4,5)6)12-10-11-15-14-13-16-14;;;;;;/h14H,10-13H2,1-9H3;6*1H4. The zero-order valence-corrected chi connectivity index (χ0v) is 20.4. The van der Waals surface area contributed by atoms with Crippen LogP contribution in [0.1, 0.15) is 51.0 Å². The average molecular weight is 493 g/mol. The average Bonchev–Trinajstić information content (AvgIpc) is 3.00. The lowest BCUT2D eigenvalue weighted by Gasteiger charge is -2.41. The van der Waals surface area contributed by atoms with Gasteiger partial charge in [0.2, 0.25) is 0 Å². The predicted octanol–water partition coefficient (Wildman–Crippen LogP) is 8.06. The molecular weight excluding hydrogens is 433 g/mol. The molecule has 29 heavy (non-hydrogen) atoms. The highest BCUT2D eigenvalue weighted by Gasteiger charge is 2.44. The fraction of sp³-hybridized carbons (Fsp3) is 1.00. The Bertz CT molecular complexity index is 380. The molecular formula is C20H60O5Si4. The molecule has 1 heterocycles. The summed E-state index contributed by atoms with van der Waals surface area (Å²) in [4.78, 5) is 0. The van der Waals surface area contributed by atoms with E-state index in [1.165, 1.54) is 0 Å². The Balaban J connectivity index is -0.000000220. The van der Waals surface area contributed by atoms with E-state index in [9.17, 15) is 0 Å². The first-order valence-corrected chi connectivity index (χ1v) is 20.7. The molecule has 0 aromatic heterocycles. The van der Waals surface area contributed by atoms with E-state index in [-0.39, 0.29) is 50.8 Å². The molecule has 2 atom stereocenters. The van der Waals surface area contributed by atoms with Crippen molar-refractivity contribution in [3.05, 3.63) is 0 Å². The minimum Gasteiger partial charge on any atom is -0.437 e. The summed E-state index contributed by atoms with van der Waals surface area (Å²) in [6, 6.07) is 0.940.